The number of anilines is 1. The minimum absolute atomic E-state index is 0. The van der Waals surface area contributed by atoms with Crippen molar-refractivity contribution >= 4 is 29.7 Å². The van der Waals surface area contributed by atoms with Gasteiger partial charge < -0.3 is 10.5 Å². The Morgan fingerprint density at radius 3 is 2.67 bits per heavy atom. The Bertz CT molecular complexity index is 253. The maximum atomic E-state index is 5.70. The van der Waals surface area contributed by atoms with Crippen molar-refractivity contribution in [2.75, 3.05) is 12.3 Å². The Morgan fingerprint density at radius 1 is 1.50 bits per heavy atom. The third-order valence-electron chi connectivity index (χ3n) is 1.28. The molecule has 0 fully saturated rings. The van der Waals surface area contributed by atoms with Crippen LogP contribution >= 0.6 is 24.0 Å². The van der Waals surface area contributed by atoms with Crippen LogP contribution < -0.4 is 10.5 Å². The van der Waals surface area contributed by atoms with E-state index in [0.29, 0.717) is 17.3 Å². The van der Waals surface area contributed by atoms with Crippen LogP contribution in [0.3, 0.4) is 0 Å². The van der Waals surface area contributed by atoms with E-state index in [1.54, 1.807) is 18.2 Å². The number of nitrogen functional groups attached to an aromatic ring is 1. The van der Waals surface area contributed by atoms with Crippen LogP contribution in [0.15, 0.2) is 18.2 Å². The normalized spacial score (nSPS) is 8.83. The van der Waals surface area contributed by atoms with Gasteiger partial charge in [0.25, 0.3) is 0 Å². The summed E-state index contributed by atoms with van der Waals surface area (Å²) in [4.78, 5) is 0. The molecule has 2 nitrogen and oxygen atoms in total. The van der Waals surface area contributed by atoms with Crippen molar-refractivity contribution in [2.24, 2.45) is 0 Å². The van der Waals surface area contributed by atoms with E-state index in [2.05, 4.69) is 0 Å². The molecule has 12 heavy (non-hydrogen) atoms. The third kappa shape index (κ3) is 2.80. The number of ether oxygens (including phenoxy) is 1. The number of hydrogen-bond donors (Lipinski definition) is 1. The maximum Gasteiger partial charge on any atom is 0.121 e. The van der Waals surface area contributed by atoms with Gasteiger partial charge in [0.05, 0.1) is 17.3 Å². The SMILES string of the molecule is CCOc1ccc(Cl)c(N)c1.Cl. The molecule has 1 aromatic rings. The second-order valence-corrected chi connectivity index (χ2v) is 2.52. The first kappa shape index (κ1) is 11.4. The van der Waals surface area contributed by atoms with Crippen LogP contribution in [0.25, 0.3) is 0 Å². The van der Waals surface area contributed by atoms with E-state index in [0.717, 1.165) is 5.75 Å². The summed E-state index contributed by atoms with van der Waals surface area (Å²) in [6.07, 6.45) is 0. The summed E-state index contributed by atoms with van der Waals surface area (Å²) in [6, 6.07) is 5.23. The van der Waals surface area contributed by atoms with Crippen molar-refractivity contribution < 1.29 is 4.74 Å². The van der Waals surface area contributed by atoms with Crippen molar-refractivity contribution in [1.29, 1.82) is 0 Å². The van der Waals surface area contributed by atoms with Crippen molar-refractivity contribution in [1.82, 2.24) is 0 Å². The molecule has 0 atom stereocenters. The molecule has 0 heterocycles. The lowest BCUT2D eigenvalue weighted by molar-refractivity contribution is 0.340. The van der Waals surface area contributed by atoms with Gasteiger partial charge in [-0.25, -0.2) is 0 Å². The molecule has 0 radical (unpaired) electrons. The number of rotatable bonds is 2. The van der Waals surface area contributed by atoms with E-state index in [-0.39, 0.29) is 12.4 Å². The lowest BCUT2D eigenvalue weighted by atomic mass is 10.3. The molecule has 68 valence electrons. The first-order chi connectivity index (χ1) is 5.24. The van der Waals surface area contributed by atoms with E-state index in [4.69, 9.17) is 22.1 Å². The van der Waals surface area contributed by atoms with Crippen LogP contribution in [0.1, 0.15) is 6.92 Å². The number of benzene rings is 1. The Hall–Kier alpha value is -0.600. The predicted octanol–water partition coefficient (Wildman–Crippen LogP) is 2.74. The van der Waals surface area contributed by atoms with Gasteiger partial charge in [0.2, 0.25) is 0 Å². The lowest BCUT2D eigenvalue weighted by Gasteiger charge is -2.03. The number of nitrogens with two attached hydrogens (primary N) is 1. The molecule has 1 rings (SSSR count). The summed E-state index contributed by atoms with van der Waals surface area (Å²) < 4.78 is 5.20. The molecule has 0 aliphatic carbocycles. The summed E-state index contributed by atoms with van der Waals surface area (Å²) in [5.74, 6) is 0.759. The highest BCUT2D eigenvalue weighted by molar-refractivity contribution is 6.33. The van der Waals surface area contributed by atoms with Gasteiger partial charge in [-0.2, -0.15) is 0 Å². The van der Waals surface area contributed by atoms with Crippen molar-refractivity contribution in [3.63, 3.8) is 0 Å². The summed E-state index contributed by atoms with van der Waals surface area (Å²) >= 11 is 5.70. The fraction of sp³-hybridized carbons (Fsp3) is 0.250. The summed E-state index contributed by atoms with van der Waals surface area (Å²) in [5, 5.41) is 0.563. The third-order valence-corrected chi connectivity index (χ3v) is 1.62. The highest BCUT2D eigenvalue weighted by Crippen LogP contribution is 2.23. The highest BCUT2D eigenvalue weighted by atomic mass is 35.5. The van der Waals surface area contributed by atoms with Gasteiger partial charge in [-0.15, -0.1) is 12.4 Å². The molecule has 4 heteroatoms. The van der Waals surface area contributed by atoms with Crippen LogP contribution in [0.4, 0.5) is 5.69 Å². The molecule has 2 N–H and O–H groups in total. The molecular formula is C8H11Cl2NO. The minimum atomic E-state index is 0. The van der Waals surface area contributed by atoms with Crippen LogP contribution in [0.2, 0.25) is 5.02 Å². The van der Waals surface area contributed by atoms with Crippen LogP contribution in [0, 0.1) is 0 Å². The Balaban J connectivity index is 0.00000121. The van der Waals surface area contributed by atoms with Gasteiger partial charge in [-0.1, -0.05) is 11.6 Å². The molecule has 0 spiro atoms. The van der Waals surface area contributed by atoms with E-state index < -0.39 is 0 Å². The van der Waals surface area contributed by atoms with Gasteiger partial charge in [0.15, 0.2) is 0 Å². The number of hydrogen-bond acceptors (Lipinski definition) is 2. The second kappa shape index (κ2) is 5.12. The number of halogens is 2. The zero-order valence-corrected chi connectivity index (χ0v) is 8.28. The molecule has 0 aliphatic rings. The average Bonchev–Trinajstić information content (AvgIpc) is 1.98. The molecule has 0 unspecified atom stereocenters. The average molecular weight is 208 g/mol. The summed E-state index contributed by atoms with van der Waals surface area (Å²) in [5.41, 5.74) is 6.09. The van der Waals surface area contributed by atoms with Gasteiger partial charge in [0, 0.05) is 6.07 Å². The molecule has 0 saturated carbocycles. The maximum absolute atomic E-state index is 5.70. The first-order valence-electron chi connectivity index (χ1n) is 3.42. The summed E-state index contributed by atoms with van der Waals surface area (Å²) in [7, 11) is 0. The quantitative estimate of drug-likeness (QED) is 0.758. The molecule has 0 amide bonds. The fourth-order valence-corrected chi connectivity index (χ4v) is 0.896. The van der Waals surface area contributed by atoms with Crippen LogP contribution in [-0.2, 0) is 0 Å². The Labute approximate surface area is 83.1 Å². The summed E-state index contributed by atoms with van der Waals surface area (Å²) in [6.45, 7) is 2.56. The van der Waals surface area contributed by atoms with E-state index >= 15 is 0 Å². The fourth-order valence-electron chi connectivity index (χ4n) is 0.778. The van der Waals surface area contributed by atoms with Gasteiger partial charge in [0.1, 0.15) is 5.75 Å². The second-order valence-electron chi connectivity index (χ2n) is 2.12. The highest BCUT2D eigenvalue weighted by Gasteiger charge is 1.96. The van der Waals surface area contributed by atoms with E-state index in [1.807, 2.05) is 6.92 Å². The van der Waals surface area contributed by atoms with Crippen molar-refractivity contribution in [2.45, 2.75) is 6.92 Å². The van der Waals surface area contributed by atoms with Crippen molar-refractivity contribution in [3.05, 3.63) is 23.2 Å². The van der Waals surface area contributed by atoms with Crippen LogP contribution in [-0.4, -0.2) is 6.61 Å². The topological polar surface area (TPSA) is 35.2 Å². The monoisotopic (exact) mass is 207 g/mol. The zero-order chi connectivity index (χ0) is 8.27. The molecule has 0 aromatic heterocycles. The van der Waals surface area contributed by atoms with E-state index in [1.165, 1.54) is 0 Å². The van der Waals surface area contributed by atoms with Gasteiger partial charge in [-0.3, -0.25) is 0 Å². The molecule has 0 saturated heterocycles. The standard InChI is InChI=1S/C8H10ClNO.ClH/c1-2-11-6-3-4-7(9)8(10)5-6;/h3-5H,2,10H2,1H3;1H. The molecular weight excluding hydrogens is 197 g/mol. The van der Waals surface area contributed by atoms with Crippen LogP contribution in [0.5, 0.6) is 5.75 Å². The van der Waals surface area contributed by atoms with Gasteiger partial charge in [-0.05, 0) is 19.1 Å². The minimum Gasteiger partial charge on any atom is -0.494 e. The lowest BCUT2D eigenvalue weighted by Crippen LogP contribution is -1.93. The zero-order valence-electron chi connectivity index (χ0n) is 6.71. The first-order valence-corrected chi connectivity index (χ1v) is 3.79. The largest absolute Gasteiger partial charge is 0.494 e. The van der Waals surface area contributed by atoms with Gasteiger partial charge >= 0.3 is 0 Å². The Morgan fingerprint density at radius 2 is 2.17 bits per heavy atom. The molecule has 0 aliphatic heterocycles. The van der Waals surface area contributed by atoms with E-state index in [9.17, 15) is 0 Å². The smallest absolute Gasteiger partial charge is 0.121 e. The molecule has 1 aromatic carbocycles. The predicted molar refractivity (Wildman–Crippen MR) is 54.3 cm³/mol. The molecule has 0 bridgehead atoms. The van der Waals surface area contributed by atoms with Crippen molar-refractivity contribution in [3.8, 4) is 5.75 Å². The Kier molecular flexibility index (Phi) is 4.86.